The highest BCUT2D eigenvalue weighted by molar-refractivity contribution is 5.92. The Morgan fingerprint density at radius 2 is 1.73 bits per heavy atom. The number of carbonyl (C=O) groups is 2. The third kappa shape index (κ3) is 4.63. The molecule has 0 aliphatic rings. The standard InChI is InChI=1S/C17H17NO4/c19-15-8-6-13(11-17(21)22)10-14(15)18-16(20)9-7-12-4-2-1-3-5-12/h1-6,8,10,19H,7,9,11H2,(H,18,20)(H,21,22). The van der Waals surface area contributed by atoms with Gasteiger partial charge in [-0.25, -0.2) is 0 Å². The van der Waals surface area contributed by atoms with Gasteiger partial charge in [0, 0.05) is 6.42 Å². The lowest BCUT2D eigenvalue weighted by molar-refractivity contribution is -0.136. The molecule has 0 saturated heterocycles. The minimum Gasteiger partial charge on any atom is -0.506 e. The second-order valence-electron chi connectivity index (χ2n) is 4.96. The van der Waals surface area contributed by atoms with Crippen molar-refractivity contribution in [2.45, 2.75) is 19.3 Å². The summed E-state index contributed by atoms with van der Waals surface area (Å²) in [6.07, 6.45) is 0.724. The molecular formula is C17H17NO4. The highest BCUT2D eigenvalue weighted by Crippen LogP contribution is 2.24. The predicted molar refractivity (Wildman–Crippen MR) is 82.8 cm³/mol. The van der Waals surface area contributed by atoms with Crippen molar-refractivity contribution in [3.05, 3.63) is 59.7 Å². The van der Waals surface area contributed by atoms with Gasteiger partial charge in [0.05, 0.1) is 12.1 Å². The van der Waals surface area contributed by atoms with Crippen LogP contribution in [0.15, 0.2) is 48.5 Å². The quantitative estimate of drug-likeness (QED) is 0.716. The smallest absolute Gasteiger partial charge is 0.307 e. The zero-order valence-electron chi connectivity index (χ0n) is 12.0. The monoisotopic (exact) mass is 299 g/mol. The van der Waals surface area contributed by atoms with Crippen LogP contribution in [0.2, 0.25) is 0 Å². The van der Waals surface area contributed by atoms with Crippen molar-refractivity contribution in [3.8, 4) is 5.75 Å². The zero-order valence-corrected chi connectivity index (χ0v) is 12.0. The zero-order chi connectivity index (χ0) is 15.9. The molecule has 0 atom stereocenters. The summed E-state index contributed by atoms with van der Waals surface area (Å²) in [5.74, 6) is -1.28. The van der Waals surface area contributed by atoms with Gasteiger partial charge in [-0.05, 0) is 29.7 Å². The molecule has 0 saturated carbocycles. The third-order valence-electron chi connectivity index (χ3n) is 3.17. The van der Waals surface area contributed by atoms with Gasteiger partial charge in [-0.2, -0.15) is 0 Å². The first-order chi connectivity index (χ1) is 10.5. The van der Waals surface area contributed by atoms with E-state index < -0.39 is 5.97 Å². The van der Waals surface area contributed by atoms with Crippen LogP contribution in [0.1, 0.15) is 17.5 Å². The molecule has 0 heterocycles. The van der Waals surface area contributed by atoms with E-state index in [2.05, 4.69) is 5.32 Å². The fraction of sp³-hybridized carbons (Fsp3) is 0.176. The van der Waals surface area contributed by atoms with Crippen molar-refractivity contribution in [2.24, 2.45) is 0 Å². The molecule has 0 aromatic heterocycles. The largest absolute Gasteiger partial charge is 0.506 e. The van der Waals surface area contributed by atoms with Crippen LogP contribution in [0.3, 0.4) is 0 Å². The number of aliphatic carboxylic acids is 1. The van der Waals surface area contributed by atoms with Crippen LogP contribution >= 0.6 is 0 Å². The maximum absolute atomic E-state index is 11.9. The summed E-state index contributed by atoms with van der Waals surface area (Å²) in [4.78, 5) is 22.6. The minimum atomic E-state index is -0.966. The fourth-order valence-corrected chi connectivity index (χ4v) is 2.08. The summed E-state index contributed by atoms with van der Waals surface area (Å²) in [6.45, 7) is 0. The van der Waals surface area contributed by atoms with Gasteiger partial charge in [0.1, 0.15) is 5.75 Å². The van der Waals surface area contributed by atoms with E-state index >= 15 is 0 Å². The van der Waals surface area contributed by atoms with Crippen LogP contribution in [0.25, 0.3) is 0 Å². The Kier molecular flexibility index (Phi) is 5.14. The Labute approximate surface area is 128 Å². The maximum atomic E-state index is 11.9. The van der Waals surface area contributed by atoms with Crippen molar-refractivity contribution < 1.29 is 19.8 Å². The van der Waals surface area contributed by atoms with Crippen LogP contribution in [-0.2, 0) is 22.4 Å². The molecule has 5 nitrogen and oxygen atoms in total. The number of carboxylic acid groups (broad SMARTS) is 1. The van der Waals surface area contributed by atoms with Gasteiger partial charge in [-0.1, -0.05) is 36.4 Å². The molecule has 1 amide bonds. The van der Waals surface area contributed by atoms with Crippen molar-refractivity contribution in [2.75, 3.05) is 5.32 Å². The van der Waals surface area contributed by atoms with Crippen LogP contribution in [0, 0.1) is 0 Å². The molecule has 22 heavy (non-hydrogen) atoms. The number of hydrogen-bond acceptors (Lipinski definition) is 3. The Morgan fingerprint density at radius 3 is 2.41 bits per heavy atom. The van der Waals surface area contributed by atoms with Crippen molar-refractivity contribution in [1.82, 2.24) is 0 Å². The SMILES string of the molecule is O=C(O)Cc1ccc(O)c(NC(=O)CCc2ccccc2)c1. The number of carbonyl (C=O) groups excluding carboxylic acids is 1. The van der Waals surface area contributed by atoms with E-state index in [4.69, 9.17) is 5.11 Å². The van der Waals surface area contributed by atoms with Crippen LogP contribution in [0.5, 0.6) is 5.75 Å². The molecular weight excluding hydrogens is 282 g/mol. The minimum absolute atomic E-state index is 0.0813. The van der Waals surface area contributed by atoms with Gasteiger partial charge >= 0.3 is 5.97 Å². The van der Waals surface area contributed by atoms with Gasteiger partial charge in [0.15, 0.2) is 0 Å². The van der Waals surface area contributed by atoms with Gasteiger partial charge in [-0.3, -0.25) is 9.59 Å². The lowest BCUT2D eigenvalue weighted by atomic mass is 10.1. The highest BCUT2D eigenvalue weighted by atomic mass is 16.4. The number of benzene rings is 2. The molecule has 2 aromatic rings. The summed E-state index contributed by atoms with van der Waals surface area (Å²) < 4.78 is 0. The molecule has 2 aromatic carbocycles. The van der Waals surface area contributed by atoms with E-state index in [0.717, 1.165) is 5.56 Å². The predicted octanol–water partition coefficient (Wildman–Crippen LogP) is 2.59. The fourth-order valence-electron chi connectivity index (χ4n) is 2.08. The summed E-state index contributed by atoms with van der Waals surface area (Å²) in [5, 5.41) is 21.1. The third-order valence-corrected chi connectivity index (χ3v) is 3.17. The molecule has 0 bridgehead atoms. The lowest BCUT2D eigenvalue weighted by Gasteiger charge is -2.09. The molecule has 2 rings (SSSR count). The molecule has 114 valence electrons. The number of nitrogens with one attached hydrogen (secondary N) is 1. The average molecular weight is 299 g/mol. The van der Waals surface area contributed by atoms with Crippen LogP contribution in [0.4, 0.5) is 5.69 Å². The van der Waals surface area contributed by atoms with Crippen LogP contribution in [-0.4, -0.2) is 22.1 Å². The number of aromatic hydroxyl groups is 1. The molecule has 5 heteroatoms. The number of phenolic OH excluding ortho intramolecular Hbond substituents is 1. The molecule has 3 N–H and O–H groups in total. The van der Waals surface area contributed by atoms with E-state index in [1.807, 2.05) is 30.3 Å². The van der Waals surface area contributed by atoms with E-state index in [-0.39, 0.29) is 30.2 Å². The van der Waals surface area contributed by atoms with Gasteiger partial charge in [0.25, 0.3) is 0 Å². The number of amides is 1. The van der Waals surface area contributed by atoms with Crippen LogP contribution < -0.4 is 5.32 Å². The highest BCUT2D eigenvalue weighted by Gasteiger charge is 2.09. The van der Waals surface area contributed by atoms with E-state index in [0.29, 0.717) is 12.0 Å². The van der Waals surface area contributed by atoms with Gasteiger partial charge in [-0.15, -0.1) is 0 Å². The molecule has 0 radical (unpaired) electrons. The van der Waals surface area contributed by atoms with E-state index in [1.165, 1.54) is 18.2 Å². The number of aryl methyl sites for hydroxylation is 1. The maximum Gasteiger partial charge on any atom is 0.307 e. The Hall–Kier alpha value is -2.82. The Balaban J connectivity index is 1.97. The van der Waals surface area contributed by atoms with E-state index in [1.54, 1.807) is 0 Å². The second-order valence-corrected chi connectivity index (χ2v) is 4.96. The molecule has 0 spiro atoms. The topological polar surface area (TPSA) is 86.6 Å². The summed E-state index contributed by atoms with van der Waals surface area (Å²) >= 11 is 0. The molecule has 0 unspecified atom stereocenters. The molecule has 0 aliphatic heterocycles. The number of hydrogen-bond donors (Lipinski definition) is 3. The van der Waals surface area contributed by atoms with Crippen molar-refractivity contribution >= 4 is 17.6 Å². The summed E-state index contributed by atoms with van der Waals surface area (Å²) in [6, 6.07) is 14.0. The first kappa shape index (κ1) is 15.6. The number of anilines is 1. The average Bonchev–Trinajstić information content (AvgIpc) is 2.49. The lowest BCUT2D eigenvalue weighted by Crippen LogP contribution is -2.13. The van der Waals surface area contributed by atoms with Gasteiger partial charge in [0.2, 0.25) is 5.91 Å². The Morgan fingerprint density at radius 1 is 1.00 bits per heavy atom. The van der Waals surface area contributed by atoms with Gasteiger partial charge < -0.3 is 15.5 Å². The molecule has 0 aliphatic carbocycles. The summed E-state index contributed by atoms with van der Waals surface area (Å²) in [7, 11) is 0. The summed E-state index contributed by atoms with van der Waals surface area (Å²) in [5.41, 5.74) is 1.81. The first-order valence-corrected chi connectivity index (χ1v) is 6.92. The first-order valence-electron chi connectivity index (χ1n) is 6.92. The second kappa shape index (κ2) is 7.26. The number of rotatable bonds is 6. The van der Waals surface area contributed by atoms with E-state index in [9.17, 15) is 14.7 Å². The normalized spacial score (nSPS) is 10.2. The number of phenols is 1. The number of carboxylic acids is 1. The molecule has 0 fully saturated rings. The van der Waals surface area contributed by atoms with Crippen molar-refractivity contribution in [1.29, 1.82) is 0 Å². The Bertz CT molecular complexity index is 668. The van der Waals surface area contributed by atoms with Crippen molar-refractivity contribution in [3.63, 3.8) is 0 Å².